The summed E-state index contributed by atoms with van der Waals surface area (Å²) in [5.41, 5.74) is 0. The number of unbranched alkanes of at least 4 members (excludes halogenated alkanes) is 24. The number of likely N-dealkylation sites (tertiary alicyclic amines) is 1. The van der Waals surface area contributed by atoms with Crippen molar-refractivity contribution in [3.05, 3.63) is 24.3 Å². The molecule has 0 aromatic carbocycles. The predicted octanol–water partition coefficient (Wildman–Crippen LogP) is 13.7. The molecule has 0 unspecified atom stereocenters. The molecule has 312 valence electrons. The van der Waals surface area contributed by atoms with Crippen LogP contribution < -0.4 is 5.32 Å². The SMILES string of the molecule is CCCCCCCC/C=C\CCCCCCCCOCC(COCCCCCCCC/C=C\CCCCCCCC)NC(=O)OCCN1CCCCC1. The van der Waals surface area contributed by atoms with Crippen molar-refractivity contribution in [3.63, 3.8) is 0 Å². The van der Waals surface area contributed by atoms with Crippen molar-refractivity contribution in [2.45, 2.75) is 219 Å². The number of hydrogen-bond acceptors (Lipinski definition) is 5. The first-order valence-corrected chi connectivity index (χ1v) is 23.4. The number of piperidine rings is 1. The molecule has 1 saturated heterocycles. The summed E-state index contributed by atoms with van der Waals surface area (Å²) in [7, 11) is 0. The average molecular weight is 747 g/mol. The van der Waals surface area contributed by atoms with Gasteiger partial charge in [0.05, 0.1) is 19.3 Å². The number of nitrogens with one attached hydrogen (secondary N) is 1. The maximum Gasteiger partial charge on any atom is 0.407 e. The Morgan fingerprint density at radius 2 is 0.887 bits per heavy atom. The van der Waals surface area contributed by atoms with Crippen LogP contribution in [-0.2, 0) is 14.2 Å². The van der Waals surface area contributed by atoms with Gasteiger partial charge in [-0.3, -0.25) is 4.90 Å². The fourth-order valence-electron chi connectivity index (χ4n) is 7.14. The van der Waals surface area contributed by atoms with E-state index in [4.69, 9.17) is 14.2 Å². The van der Waals surface area contributed by atoms with Gasteiger partial charge in [0.2, 0.25) is 0 Å². The molecule has 0 radical (unpaired) electrons. The Labute approximate surface area is 330 Å². The molecule has 0 aromatic rings. The Balaban J connectivity index is 2.11. The molecule has 1 N–H and O–H groups in total. The molecule has 1 aliphatic heterocycles. The number of carbonyl (C=O) groups excluding carboxylic acids is 1. The lowest BCUT2D eigenvalue weighted by Gasteiger charge is -2.26. The molecule has 6 heteroatoms. The molecule has 0 atom stereocenters. The van der Waals surface area contributed by atoms with E-state index in [1.165, 1.54) is 186 Å². The third-order valence-corrected chi connectivity index (χ3v) is 10.7. The van der Waals surface area contributed by atoms with Gasteiger partial charge in [0, 0.05) is 19.8 Å². The maximum atomic E-state index is 12.6. The third-order valence-electron chi connectivity index (χ3n) is 10.7. The molecule has 1 heterocycles. The van der Waals surface area contributed by atoms with Gasteiger partial charge in [-0.2, -0.15) is 0 Å². The van der Waals surface area contributed by atoms with Crippen molar-refractivity contribution < 1.29 is 19.0 Å². The van der Waals surface area contributed by atoms with E-state index in [1.54, 1.807) is 0 Å². The van der Waals surface area contributed by atoms with E-state index < -0.39 is 0 Å². The van der Waals surface area contributed by atoms with Crippen LogP contribution in [0.4, 0.5) is 4.79 Å². The van der Waals surface area contributed by atoms with Crippen LogP contribution in [0.3, 0.4) is 0 Å². The van der Waals surface area contributed by atoms with Crippen molar-refractivity contribution in [2.24, 2.45) is 0 Å². The summed E-state index contributed by atoms with van der Waals surface area (Å²) in [5, 5.41) is 3.03. The predicted molar refractivity (Wildman–Crippen MR) is 229 cm³/mol. The van der Waals surface area contributed by atoms with Gasteiger partial charge in [0.15, 0.2) is 0 Å². The molecule has 0 aromatic heterocycles. The van der Waals surface area contributed by atoms with Crippen molar-refractivity contribution in [3.8, 4) is 0 Å². The van der Waals surface area contributed by atoms with Crippen LogP contribution in [0.1, 0.15) is 213 Å². The van der Waals surface area contributed by atoms with E-state index in [9.17, 15) is 4.79 Å². The molecule has 6 nitrogen and oxygen atoms in total. The second-order valence-electron chi connectivity index (χ2n) is 15.9. The average Bonchev–Trinajstić information content (AvgIpc) is 3.17. The molecule has 0 bridgehead atoms. The van der Waals surface area contributed by atoms with Crippen LogP contribution >= 0.6 is 0 Å². The number of hydrogen-bond donors (Lipinski definition) is 1. The molecular weight excluding hydrogens is 657 g/mol. The summed E-state index contributed by atoms with van der Waals surface area (Å²) in [6.07, 6.45) is 49.6. The second kappa shape index (κ2) is 41.8. The van der Waals surface area contributed by atoms with Crippen LogP contribution in [-0.4, -0.2) is 69.7 Å². The van der Waals surface area contributed by atoms with Crippen LogP contribution in [0.5, 0.6) is 0 Å². The number of amides is 1. The van der Waals surface area contributed by atoms with Crippen molar-refractivity contribution in [1.29, 1.82) is 0 Å². The summed E-state index contributed by atoms with van der Waals surface area (Å²) in [5.74, 6) is 0. The zero-order valence-corrected chi connectivity index (χ0v) is 35.5. The van der Waals surface area contributed by atoms with Gasteiger partial charge in [-0.05, 0) is 90.1 Å². The lowest BCUT2D eigenvalue weighted by atomic mass is 10.1. The summed E-state index contributed by atoms with van der Waals surface area (Å²) in [6.45, 7) is 10.5. The lowest BCUT2D eigenvalue weighted by Crippen LogP contribution is -2.43. The number of rotatable bonds is 40. The molecule has 1 amide bonds. The fraction of sp³-hybridized carbons (Fsp3) is 0.894. The number of alkyl carbamates (subject to hydrolysis) is 1. The van der Waals surface area contributed by atoms with Crippen LogP contribution in [0, 0.1) is 0 Å². The minimum atomic E-state index is -0.353. The maximum absolute atomic E-state index is 12.6. The Kier molecular flexibility index (Phi) is 39.1. The highest BCUT2D eigenvalue weighted by atomic mass is 16.6. The largest absolute Gasteiger partial charge is 0.448 e. The molecular formula is C47H90N2O4. The van der Waals surface area contributed by atoms with Gasteiger partial charge >= 0.3 is 6.09 Å². The fourth-order valence-corrected chi connectivity index (χ4v) is 7.14. The van der Waals surface area contributed by atoms with E-state index in [2.05, 4.69) is 48.4 Å². The van der Waals surface area contributed by atoms with Crippen molar-refractivity contribution in [1.82, 2.24) is 10.2 Å². The van der Waals surface area contributed by atoms with Gasteiger partial charge < -0.3 is 19.5 Å². The minimum Gasteiger partial charge on any atom is -0.448 e. The van der Waals surface area contributed by atoms with E-state index in [0.29, 0.717) is 19.8 Å². The number of ether oxygens (including phenoxy) is 3. The minimum absolute atomic E-state index is 0.180. The highest BCUT2D eigenvalue weighted by molar-refractivity contribution is 5.67. The highest BCUT2D eigenvalue weighted by Crippen LogP contribution is 2.12. The smallest absolute Gasteiger partial charge is 0.407 e. The molecule has 53 heavy (non-hydrogen) atoms. The molecule has 1 rings (SSSR count). The summed E-state index contributed by atoms with van der Waals surface area (Å²) in [6, 6.07) is -0.180. The standard InChI is InChI=1S/C47H90N2O4/c1-3-5-7-9-11-13-15-17-19-21-23-25-27-29-31-36-41-51-44-46(48-47(50)53-43-40-49-38-34-33-35-39-49)45-52-42-37-32-30-28-26-24-22-20-18-16-14-12-10-8-6-4-2/h17-20,46H,3-16,21-45H2,1-2H3,(H,48,50)/b19-17-,20-18-. The summed E-state index contributed by atoms with van der Waals surface area (Å²) < 4.78 is 17.6. The first-order valence-electron chi connectivity index (χ1n) is 23.4. The van der Waals surface area contributed by atoms with Crippen molar-refractivity contribution >= 4 is 6.09 Å². The van der Waals surface area contributed by atoms with Gasteiger partial charge in [-0.1, -0.05) is 160 Å². The first kappa shape index (κ1) is 49.6. The lowest BCUT2D eigenvalue weighted by molar-refractivity contribution is 0.0479. The van der Waals surface area contributed by atoms with Crippen LogP contribution in [0.2, 0.25) is 0 Å². The number of allylic oxidation sites excluding steroid dienone is 4. The highest BCUT2D eigenvalue weighted by Gasteiger charge is 2.15. The second-order valence-corrected chi connectivity index (χ2v) is 15.9. The van der Waals surface area contributed by atoms with E-state index >= 15 is 0 Å². The van der Waals surface area contributed by atoms with E-state index in [0.717, 1.165) is 45.7 Å². The topological polar surface area (TPSA) is 60.0 Å². The third kappa shape index (κ3) is 37.3. The zero-order valence-electron chi connectivity index (χ0n) is 35.5. The van der Waals surface area contributed by atoms with Crippen molar-refractivity contribution in [2.75, 3.05) is 52.7 Å². The molecule has 1 aliphatic rings. The van der Waals surface area contributed by atoms with Gasteiger partial charge in [0.1, 0.15) is 6.61 Å². The Morgan fingerprint density at radius 3 is 1.30 bits per heavy atom. The quantitative estimate of drug-likeness (QED) is 0.0500. The van der Waals surface area contributed by atoms with Crippen LogP contribution in [0.25, 0.3) is 0 Å². The summed E-state index contributed by atoms with van der Waals surface area (Å²) in [4.78, 5) is 15.0. The number of nitrogens with zero attached hydrogens (tertiary/aromatic N) is 1. The molecule has 0 aliphatic carbocycles. The molecule has 1 fully saturated rings. The van der Waals surface area contributed by atoms with E-state index in [-0.39, 0.29) is 12.1 Å². The van der Waals surface area contributed by atoms with Gasteiger partial charge in [0.25, 0.3) is 0 Å². The zero-order chi connectivity index (χ0) is 38.0. The normalized spacial score (nSPS) is 13.9. The monoisotopic (exact) mass is 747 g/mol. The Morgan fingerprint density at radius 1 is 0.509 bits per heavy atom. The number of carbonyl (C=O) groups is 1. The molecule has 0 spiro atoms. The Bertz CT molecular complexity index is 751. The summed E-state index contributed by atoms with van der Waals surface area (Å²) >= 11 is 0. The Hall–Kier alpha value is -1.37. The van der Waals surface area contributed by atoms with Crippen LogP contribution in [0.15, 0.2) is 24.3 Å². The van der Waals surface area contributed by atoms with E-state index in [1.807, 2.05) is 0 Å². The molecule has 0 saturated carbocycles. The van der Waals surface area contributed by atoms with Gasteiger partial charge in [-0.15, -0.1) is 0 Å². The van der Waals surface area contributed by atoms with Gasteiger partial charge in [-0.25, -0.2) is 4.79 Å². The first-order chi connectivity index (χ1) is 26.3.